The topological polar surface area (TPSA) is 37.3 Å². The number of benzene rings is 2. The van der Waals surface area contributed by atoms with Gasteiger partial charge in [0, 0.05) is 5.56 Å². The van der Waals surface area contributed by atoms with Crippen LogP contribution in [-0.4, -0.2) is 11.1 Å². The van der Waals surface area contributed by atoms with Crippen molar-refractivity contribution in [1.82, 2.24) is 0 Å². The molecule has 2 nitrogen and oxygen atoms in total. The van der Waals surface area contributed by atoms with Crippen LogP contribution in [0.15, 0.2) is 36.4 Å². The summed E-state index contributed by atoms with van der Waals surface area (Å²) in [4.78, 5) is 11.1. The molecule has 0 fully saturated rings. The molecule has 3 heteroatoms. The van der Waals surface area contributed by atoms with Crippen LogP contribution in [0.2, 0.25) is 0 Å². The summed E-state index contributed by atoms with van der Waals surface area (Å²) >= 11 is 0. The zero-order chi connectivity index (χ0) is 13.3. The van der Waals surface area contributed by atoms with Gasteiger partial charge in [-0.25, -0.2) is 9.18 Å². The van der Waals surface area contributed by atoms with Gasteiger partial charge in [-0.15, -0.1) is 0 Å². The van der Waals surface area contributed by atoms with Crippen molar-refractivity contribution >= 4 is 5.97 Å². The van der Waals surface area contributed by atoms with E-state index >= 15 is 0 Å². The predicted molar refractivity (Wildman–Crippen MR) is 68.3 cm³/mol. The first-order chi connectivity index (χ1) is 8.50. The number of aromatic carboxylic acids is 1. The molecule has 0 amide bonds. The molecule has 0 unspecified atom stereocenters. The van der Waals surface area contributed by atoms with Crippen molar-refractivity contribution < 1.29 is 14.3 Å². The molecule has 92 valence electrons. The number of rotatable bonds is 2. The first kappa shape index (κ1) is 12.3. The van der Waals surface area contributed by atoms with Crippen LogP contribution in [0.3, 0.4) is 0 Å². The van der Waals surface area contributed by atoms with E-state index < -0.39 is 5.97 Å². The molecule has 0 bridgehead atoms. The lowest BCUT2D eigenvalue weighted by Gasteiger charge is -2.10. The van der Waals surface area contributed by atoms with Gasteiger partial charge in [0.1, 0.15) is 5.82 Å². The van der Waals surface area contributed by atoms with Crippen molar-refractivity contribution in [2.24, 2.45) is 0 Å². The third kappa shape index (κ3) is 2.12. The van der Waals surface area contributed by atoms with Gasteiger partial charge in [-0.05, 0) is 42.7 Å². The third-order valence-corrected chi connectivity index (χ3v) is 2.98. The maximum absolute atomic E-state index is 13.9. The van der Waals surface area contributed by atoms with Gasteiger partial charge in [-0.2, -0.15) is 0 Å². The SMILES string of the molecule is Cc1ccc(-c2cccc(C(=O)O)c2C)c(F)c1. The lowest BCUT2D eigenvalue weighted by molar-refractivity contribution is 0.0696. The fourth-order valence-corrected chi connectivity index (χ4v) is 2.00. The summed E-state index contributed by atoms with van der Waals surface area (Å²) in [5, 5.41) is 9.06. The highest BCUT2D eigenvalue weighted by Gasteiger charge is 2.13. The normalized spacial score (nSPS) is 10.4. The second-order valence-electron chi connectivity index (χ2n) is 4.27. The van der Waals surface area contributed by atoms with Gasteiger partial charge in [0.15, 0.2) is 0 Å². The van der Waals surface area contributed by atoms with Gasteiger partial charge in [0.05, 0.1) is 5.56 Å². The van der Waals surface area contributed by atoms with Crippen molar-refractivity contribution in [3.8, 4) is 11.1 Å². The van der Waals surface area contributed by atoms with Gasteiger partial charge in [-0.3, -0.25) is 0 Å². The van der Waals surface area contributed by atoms with E-state index in [4.69, 9.17) is 5.11 Å². The van der Waals surface area contributed by atoms with Crippen LogP contribution >= 0.6 is 0 Å². The minimum absolute atomic E-state index is 0.201. The lowest BCUT2D eigenvalue weighted by Crippen LogP contribution is -2.01. The smallest absolute Gasteiger partial charge is 0.335 e. The van der Waals surface area contributed by atoms with Crippen LogP contribution < -0.4 is 0 Å². The highest BCUT2D eigenvalue weighted by molar-refractivity contribution is 5.92. The Kier molecular flexibility index (Phi) is 3.15. The Morgan fingerprint density at radius 1 is 1.11 bits per heavy atom. The first-order valence-electron chi connectivity index (χ1n) is 5.60. The predicted octanol–water partition coefficient (Wildman–Crippen LogP) is 3.81. The fourth-order valence-electron chi connectivity index (χ4n) is 2.00. The van der Waals surface area contributed by atoms with Crippen molar-refractivity contribution in [2.75, 3.05) is 0 Å². The minimum atomic E-state index is -0.998. The number of carboxylic acid groups (broad SMARTS) is 1. The van der Waals surface area contributed by atoms with Crippen molar-refractivity contribution in [2.45, 2.75) is 13.8 Å². The van der Waals surface area contributed by atoms with Crippen LogP contribution in [0.25, 0.3) is 11.1 Å². The molecule has 1 N–H and O–H groups in total. The van der Waals surface area contributed by atoms with E-state index in [1.165, 1.54) is 12.1 Å². The summed E-state index contributed by atoms with van der Waals surface area (Å²) in [5.41, 5.74) is 2.66. The Morgan fingerprint density at radius 3 is 2.44 bits per heavy atom. The van der Waals surface area contributed by atoms with E-state index in [2.05, 4.69) is 0 Å². The molecular formula is C15H13FO2. The molecule has 0 aliphatic carbocycles. The maximum Gasteiger partial charge on any atom is 0.335 e. The second-order valence-corrected chi connectivity index (χ2v) is 4.27. The Labute approximate surface area is 105 Å². The Bertz CT molecular complexity index is 618. The molecule has 0 saturated heterocycles. The summed E-state index contributed by atoms with van der Waals surface area (Å²) in [6.07, 6.45) is 0. The molecule has 0 aliphatic rings. The number of aryl methyl sites for hydroxylation is 1. The van der Waals surface area contributed by atoms with Gasteiger partial charge in [0.25, 0.3) is 0 Å². The monoisotopic (exact) mass is 244 g/mol. The van der Waals surface area contributed by atoms with E-state index in [1.807, 2.05) is 13.0 Å². The number of halogens is 1. The van der Waals surface area contributed by atoms with Crippen LogP contribution in [0.4, 0.5) is 4.39 Å². The molecular weight excluding hydrogens is 231 g/mol. The van der Waals surface area contributed by atoms with Gasteiger partial charge in [0.2, 0.25) is 0 Å². The molecule has 2 rings (SSSR count). The zero-order valence-corrected chi connectivity index (χ0v) is 10.2. The summed E-state index contributed by atoms with van der Waals surface area (Å²) in [6.45, 7) is 3.51. The van der Waals surface area contributed by atoms with Crippen LogP contribution in [0.1, 0.15) is 21.5 Å². The number of hydrogen-bond acceptors (Lipinski definition) is 1. The Hall–Kier alpha value is -2.16. The summed E-state index contributed by atoms with van der Waals surface area (Å²) in [5.74, 6) is -1.33. The van der Waals surface area contributed by atoms with E-state index in [0.29, 0.717) is 16.7 Å². The second kappa shape index (κ2) is 4.61. The minimum Gasteiger partial charge on any atom is -0.478 e. The first-order valence-corrected chi connectivity index (χ1v) is 5.60. The lowest BCUT2D eigenvalue weighted by atomic mass is 9.95. The highest BCUT2D eigenvalue weighted by Crippen LogP contribution is 2.28. The van der Waals surface area contributed by atoms with E-state index in [-0.39, 0.29) is 11.4 Å². The molecule has 0 radical (unpaired) electrons. The quantitative estimate of drug-likeness (QED) is 0.872. The Balaban J connectivity index is 2.64. The fraction of sp³-hybridized carbons (Fsp3) is 0.133. The molecule has 2 aromatic carbocycles. The summed E-state index contributed by atoms with van der Waals surface area (Å²) in [6, 6.07) is 9.82. The van der Waals surface area contributed by atoms with Crippen molar-refractivity contribution in [3.63, 3.8) is 0 Å². The molecule has 2 aromatic rings. The number of carboxylic acids is 1. The van der Waals surface area contributed by atoms with E-state index in [9.17, 15) is 9.18 Å². The molecule has 0 spiro atoms. The van der Waals surface area contributed by atoms with Gasteiger partial charge in [-0.1, -0.05) is 24.3 Å². The van der Waals surface area contributed by atoms with Crippen LogP contribution in [0, 0.1) is 19.7 Å². The summed E-state index contributed by atoms with van der Waals surface area (Å²) < 4.78 is 13.9. The largest absolute Gasteiger partial charge is 0.478 e. The van der Waals surface area contributed by atoms with Crippen LogP contribution in [-0.2, 0) is 0 Å². The van der Waals surface area contributed by atoms with Gasteiger partial charge < -0.3 is 5.11 Å². The third-order valence-electron chi connectivity index (χ3n) is 2.98. The molecule has 0 aromatic heterocycles. The standard InChI is InChI=1S/C15H13FO2/c1-9-6-7-13(14(16)8-9)11-4-3-5-12(10(11)2)15(17)18/h3-8H,1-2H3,(H,17,18). The maximum atomic E-state index is 13.9. The average Bonchev–Trinajstić information content (AvgIpc) is 2.30. The zero-order valence-electron chi connectivity index (χ0n) is 10.2. The number of carbonyl (C=O) groups is 1. The molecule has 0 aliphatic heterocycles. The van der Waals surface area contributed by atoms with E-state index in [0.717, 1.165) is 5.56 Å². The average molecular weight is 244 g/mol. The highest BCUT2D eigenvalue weighted by atomic mass is 19.1. The van der Waals surface area contributed by atoms with E-state index in [1.54, 1.807) is 25.1 Å². The van der Waals surface area contributed by atoms with Crippen molar-refractivity contribution in [1.29, 1.82) is 0 Å². The molecule has 0 atom stereocenters. The Morgan fingerprint density at radius 2 is 1.83 bits per heavy atom. The molecule has 0 heterocycles. The molecule has 18 heavy (non-hydrogen) atoms. The van der Waals surface area contributed by atoms with Crippen LogP contribution in [0.5, 0.6) is 0 Å². The van der Waals surface area contributed by atoms with Crippen molar-refractivity contribution in [3.05, 3.63) is 58.9 Å². The number of hydrogen-bond donors (Lipinski definition) is 1. The molecule has 0 saturated carbocycles. The summed E-state index contributed by atoms with van der Waals surface area (Å²) in [7, 11) is 0. The van der Waals surface area contributed by atoms with Gasteiger partial charge >= 0.3 is 5.97 Å².